The van der Waals surface area contributed by atoms with Crippen LogP contribution in [-0.4, -0.2) is 70.0 Å². The summed E-state index contributed by atoms with van der Waals surface area (Å²) >= 11 is 0. The fraction of sp³-hybridized carbons (Fsp3) is 0.611. The second kappa shape index (κ2) is 10.6. The lowest BCUT2D eigenvalue weighted by Gasteiger charge is -2.26. The Morgan fingerprint density at radius 3 is 2.55 bits per heavy atom. The van der Waals surface area contributed by atoms with Crippen LogP contribution in [0, 0.1) is 5.92 Å². The summed E-state index contributed by atoms with van der Waals surface area (Å²) in [5, 5.41) is 19.5. The summed E-state index contributed by atoms with van der Waals surface area (Å²) in [5.74, 6) is -2.81. The lowest BCUT2D eigenvalue weighted by atomic mass is 10.0. The number of nitrogens with zero attached hydrogens (tertiary/aromatic N) is 1. The molecule has 2 rings (SSSR count). The van der Waals surface area contributed by atoms with Crippen LogP contribution >= 0.6 is 0 Å². The molecule has 29 heavy (non-hydrogen) atoms. The van der Waals surface area contributed by atoms with E-state index in [0.29, 0.717) is 12.1 Å². The zero-order valence-corrected chi connectivity index (χ0v) is 16.5. The van der Waals surface area contributed by atoms with Crippen LogP contribution in [0.4, 0.5) is 0 Å². The second-order valence-electron chi connectivity index (χ2n) is 7.33. The molecule has 0 spiro atoms. The molecule has 0 radical (unpaired) electrons. The van der Waals surface area contributed by atoms with Crippen molar-refractivity contribution >= 4 is 23.7 Å². The van der Waals surface area contributed by atoms with Crippen LogP contribution in [0.2, 0.25) is 0 Å². The van der Waals surface area contributed by atoms with Crippen molar-refractivity contribution < 1.29 is 24.3 Å². The van der Waals surface area contributed by atoms with Gasteiger partial charge in [0.25, 0.3) is 0 Å². The third-order valence-corrected chi connectivity index (χ3v) is 4.65. The highest BCUT2D eigenvalue weighted by molar-refractivity contribution is 5.94. The Labute approximate surface area is 168 Å². The summed E-state index contributed by atoms with van der Waals surface area (Å²) in [6, 6.07) is -2.18. The molecule has 6 N–H and O–H groups in total. The summed E-state index contributed by atoms with van der Waals surface area (Å²) in [4.78, 5) is 55.1. The number of aromatic nitrogens is 2. The fourth-order valence-electron chi connectivity index (χ4n) is 3.07. The molecule has 0 saturated carbocycles. The molecule has 3 amide bonds. The zero-order valence-electron chi connectivity index (χ0n) is 16.5. The van der Waals surface area contributed by atoms with Gasteiger partial charge >= 0.3 is 5.97 Å². The number of nitrogens with one attached hydrogen (secondary N) is 5. The van der Waals surface area contributed by atoms with Crippen molar-refractivity contribution in [3.05, 3.63) is 18.2 Å². The number of carbonyl (C=O) groups excluding carboxylic acids is 3. The lowest BCUT2D eigenvalue weighted by Crippen LogP contribution is -2.58. The second-order valence-corrected chi connectivity index (χ2v) is 7.33. The van der Waals surface area contributed by atoms with Crippen molar-refractivity contribution in [1.82, 2.24) is 31.2 Å². The number of rotatable bonds is 10. The number of aromatic amines is 1. The first-order valence-electron chi connectivity index (χ1n) is 9.58. The van der Waals surface area contributed by atoms with Crippen molar-refractivity contribution in [2.24, 2.45) is 5.92 Å². The fourth-order valence-corrected chi connectivity index (χ4v) is 3.07. The van der Waals surface area contributed by atoms with Crippen LogP contribution in [0.25, 0.3) is 0 Å². The maximum absolute atomic E-state index is 12.8. The highest BCUT2D eigenvalue weighted by Gasteiger charge is 2.31. The predicted octanol–water partition coefficient (Wildman–Crippen LogP) is -1.47. The molecule has 11 heteroatoms. The van der Waals surface area contributed by atoms with Crippen LogP contribution in [-0.2, 0) is 25.6 Å². The Balaban J connectivity index is 2.06. The quantitative estimate of drug-likeness (QED) is 0.275. The first kappa shape index (κ1) is 22.3. The molecule has 0 aromatic carbocycles. The normalized spacial score (nSPS) is 18.1. The first-order valence-corrected chi connectivity index (χ1v) is 9.58. The van der Waals surface area contributed by atoms with E-state index in [-0.39, 0.29) is 24.3 Å². The van der Waals surface area contributed by atoms with Crippen LogP contribution in [0.1, 0.15) is 32.4 Å². The number of hydrogen-bond acceptors (Lipinski definition) is 6. The third kappa shape index (κ3) is 6.86. The minimum absolute atomic E-state index is 0.0974. The van der Waals surface area contributed by atoms with Crippen LogP contribution < -0.4 is 21.3 Å². The maximum Gasteiger partial charge on any atom is 0.322 e. The number of imidazole rings is 1. The topological polar surface area (TPSA) is 165 Å². The molecule has 1 aromatic heterocycles. The predicted molar refractivity (Wildman–Crippen MR) is 103 cm³/mol. The molecule has 1 aliphatic rings. The third-order valence-electron chi connectivity index (χ3n) is 4.65. The number of amides is 3. The van der Waals surface area contributed by atoms with Gasteiger partial charge in [0.1, 0.15) is 18.6 Å². The standard InChI is InChI=1S/C18H28N6O5/c1-10(2)15(24-17(28)12-4-3-5-20-12)18(29)23-13(6-11-7-19-9-22-11)16(27)21-8-14(25)26/h7,9-10,12-13,15,20H,3-6,8H2,1-2H3,(H,19,22)(H,21,27)(H,23,29)(H,24,28)(H,25,26). The molecule has 1 fully saturated rings. The summed E-state index contributed by atoms with van der Waals surface area (Å²) < 4.78 is 0. The van der Waals surface area contributed by atoms with Crippen molar-refractivity contribution in [3.63, 3.8) is 0 Å². The number of carboxylic acid groups (broad SMARTS) is 1. The van der Waals surface area contributed by atoms with Crippen LogP contribution in [0.3, 0.4) is 0 Å². The Bertz CT molecular complexity index is 714. The van der Waals surface area contributed by atoms with Crippen molar-refractivity contribution in [3.8, 4) is 0 Å². The lowest BCUT2D eigenvalue weighted by molar-refractivity contribution is -0.138. The average molecular weight is 408 g/mol. The van der Waals surface area contributed by atoms with Crippen molar-refractivity contribution in [2.75, 3.05) is 13.1 Å². The van der Waals surface area contributed by atoms with Gasteiger partial charge in [-0.1, -0.05) is 13.8 Å². The summed E-state index contributed by atoms with van der Waals surface area (Å²) in [5.41, 5.74) is 0.598. The molecule has 1 aliphatic heterocycles. The molecule has 1 aromatic rings. The molecule has 2 heterocycles. The van der Waals surface area contributed by atoms with Gasteiger partial charge in [-0.2, -0.15) is 0 Å². The number of hydrogen-bond donors (Lipinski definition) is 6. The van der Waals surface area contributed by atoms with Gasteiger partial charge in [-0.05, 0) is 25.3 Å². The van der Waals surface area contributed by atoms with E-state index in [1.807, 2.05) is 0 Å². The smallest absolute Gasteiger partial charge is 0.322 e. The summed E-state index contributed by atoms with van der Waals surface area (Å²) in [6.07, 6.45) is 4.65. The van der Waals surface area contributed by atoms with Gasteiger partial charge in [-0.3, -0.25) is 19.2 Å². The van der Waals surface area contributed by atoms with E-state index in [2.05, 4.69) is 31.2 Å². The van der Waals surface area contributed by atoms with Crippen molar-refractivity contribution in [1.29, 1.82) is 0 Å². The Hall–Kier alpha value is -2.95. The van der Waals surface area contributed by atoms with Gasteiger partial charge in [0.15, 0.2) is 0 Å². The molecule has 11 nitrogen and oxygen atoms in total. The van der Waals surface area contributed by atoms with Crippen LogP contribution in [0.5, 0.6) is 0 Å². The highest BCUT2D eigenvalue weighted by Crippen LogP contribution is 2.09. The van der Waals surface area contributed by atoms with Gasteiger partial charge in [0, 0.05) is 18.3 Å². The maximum atomic E-state index is 12.8. The molecule has 0 aliphatic carbocycles. The molecule has 160 valence electrons. The van der Waals surface area contributed by atoms with E-state index in [0.717, 1.165) is 13.0 Å². The number of carboxylic acids is 1. The van der Waals surface area contributed by atoms with E-state index in [1.165, 1.54) is 12.5 Å². The van der Waals surface area contributed by atoms with E-state index in [9.17, 15) is 19.2 Å². The number of aliphatic carboxylic acids is 1. The molecule has 3 atom stereocenters. The molecule has 0 bridgehead atoms. The van der Waals surface area contributed by atoms with Crippen molar-refractivity contribution in [2.45, 2.75) is 51.2 Å². The molecular formula is C18H28N6O5. The Kier molecular flexibility index (Phi) is 8.13. The summed E-state index contributed by atoms with van der Waals surface area (Å²) in [7, 11) is 0. The minimum atomic E-state index is -1.19. The number of carbonyl (C=O) groups is 4. The summed E-state index contributed by atoms with van der Waals surface area (Å²) in [6.45, 7) is 3.78. The van der Waals surface area contributed by atoms with Gasteiger partial charge in [-0.15, -0.1) is 0 Å². The Morgan fingerprint density at radius 2 is 2.00 bits per heavy atom. The Morgan fingerprint density at radius 1 is 1.24 bits per heavy atom. The van der Waals surface area contributed by atoms with E-state index >= 15 is 0 Å². The zero-order chi connectivity index (χ0) is 21.4. The van der Waals surface area contributed by atoms with Crippen LogP contribution in [0.15, 0.2) is 12.5 Å². The van der Waals surface area contributed by atoms with E-state index in [1.54, 1.807) is 13.8 Å². The minimum Gasteiger partial charge on any atom is -0.480 e. The van der Waals surface area contributed by atoms with Gasteiger partial charge in [0.2, 0.25) is 17.7 Å². The number of H-pyrrole nitrogens is 1. The largest absolute Gasteiger partial charge is 0.480 e. The first-order chi connectivity index (χ1) is 13.8. The van der Waals surface area contributed by atoms with Gasteiger partial charge in [0.05, 0.1) is 12.4 Å². The van der Waals surface area contributed by atoms with E-state index < -0.39 is 36.4 Å². The van der Waals surface area contributed by atoms with E-state index in [4.69, 9.17) is 5.11 Å². The van der Waals surface area contributed by atoms with Gasteiger partial charge in [-0.25, -0.2) is 4.98 Å². The molecule has 1 saturated heterocycles. The molecule has 3 unspecified atom stereocenters. The highest BCUT2D eigenvalue weighted by atomic mass is 16.4. The SMILES string of the molecule is CC(C)C(NC(=O)C1CCCN1)C(=O)NC(Cc1cnc[nH]1)C(=O)NCC(=O)O. The molecular weight excluding hydrogens is 380 g/mol. The van der Waals surface area contributed by atoms with Gasteiger partial charge < -0.3 is 31.4 Å². The monoisotopic (exact) mass is 408 g/mol. The average Bonchev–Trinajstić information content (AvgIpc) is 3.36.